The van der Waals surface area contributed by atoms with Gasteiger partial charge in [0.25, 0.3) is 7.82 Å². The molecule has 0 heterocycles. The van der Waals surface area contributed by atoms with Gasteiger partial charge in [-0.05, 0) is 25.3 Å². The summed E-state index contributed by atoms with van der Waals surface area (Å²) in [5.74, 6) is -0.350. The van der Waals surface area contributed by atoms with Crippen LogP contribution in [0, 0.1) is 0 Å². The lowest BCUT2D eigenvalue weighted by atomic mass is 10.0. The van der Waals surface area contributed by atoms with E-state index in [9.17, 15) is 14.3 Å². The third kappa shape index (κ3) is 46.0. The normalized spacial score (nSPS) is 13.6. The number of likely N-dealkylation sites (N-methyl/N-ethyl adjacent to an activating group) is 1. The monoisotopic (exact) mass is 830 g/mol. The molecule has 340 valence electrons. The molecule has 0 N–H and O–H groups in total. The van der Waals surface area contributed by atoms with Gasteiger partial charge in [-0.2, -0.15) is 0 Å². The van der Waals surface area contributed by atoms with Crippen LogP contribution in [-0.4, -0.2) is 64.1 Å². The first kappa shape index (κ1) is 56.1. The summed E-state index contributed by atoms with van der Waals surface area (Å²) in [4.78, 5) is 25.1. The first-order chi connectivity index (χ1) is 27.6. The minimum absolute atomic E-state index is 0.0205. The van der Waals surface area contributed by atoms with E-state index in [-0.39, 0.29) is 25.8 Å². The number of phosphoric ester groups is 1. The molecule has 0 aromatic rings. The number of nitrogens with zero attached hydrogens (tertiary/aromatic N) is 1. The molecule has 57 heavy (non-hydrogen) atoms. The molecule has 0 saturated carbocycles. The molecule has 9 heteroatoms. The Bertz CT molecular complexity index is 925. The standard InChI is InChI=1S/C48H96NO7P/c1-6-8-10-12-14-16-18-20-22-24-25-26-27-29-31-33-35-37-39-41-48(50)56-47(46-55-57(51,52)54-44-42-49(3,4)5)45-53-43-40-38-36-34-32-30-28-23-21-19-17-15-13-11-9-7-2/h40,43,47H,6-39,41-42,44-46H2,1-5H3/b43-40-/t47-/m1/s1. The van der Waals surface area contributed by atoms with E-state index in [0.29, 0.717) is 17.4 Å². The fourth-order valence-corrected chi connectivity index (χ4v) is 7.83. The highest BCUT2D eigenvalue weighted by atomic mass is 31.2. The van der Waals surface area contributed by atoms with Crippen molar-refractivity contribution in [2.75, 3.05) is 47.5 Å². The van der Waals surface area contributed by atoms with Crippen LogP contribution in [0.5, 0.6) is 0 Å². The highest BCUT2D eigenvalue weighted by molar-refractivity contribution is 7.45. The van der Waals surface area contributed by atoms with Crippen LogP contribution in [0.2, 0.25) is 0 Å². The van der Waals surface area contributed by atoms with E-state index in [1.807, 2.05) is 27.2 Å². The van der Waals surface area contributed by atoms with Crippen molar-refractivity contribution in [2.24, 2.45) is 0 Å². The van der Waals surface area contributed by atoms with E-state index in [4.69, 9.17) is 18.5 Å². The van der Waals surface area contributed by atoms with E-state index in [1.165, 1.54) is 186 Å². The van der Waals surface area contributed by atoms with Gasteiger partial charge in [-0.15, -0.1) is 0 Å². The molecule has 0 spiro atoms. The van der Waals surface area contributed by atoms with Gasteiger partial charge < -0.3 is 27.9 Å². The maximum atomic E-state index is 12.7. The van der Waals surface area contributed by atoms with Crippen molar-refractivity contribution in [3.63, 3.8) is 0 Å². The third-order valence-corrected chi connectivity index (χ3v) is 11.9. The number of carbonyl (C=O) groups excluding carboxylic acids is 1. The highest BCUT2D eigenvalue weighted by Gasteiger charge is 2.20. The number of ether oxygens (including phenoxy) is 2. The molecule has 0 saturated heterocycles. The number of carbonyl (C=O) groups is 1. The van der Waals surface area contributed by atoms with Crippen LogP contribution in [0.25, 0.3) is 0 Å². The highest BCUT2D eigenvalue weighted by Crippen LogP contribution is 2.38. The second kappa shape index (κ2) is 41.8. The summed E-state index contributed by atoms with van der Waals surface area (Å²) in [6, 6.07) is 0. The zero-order valence-electron chi connectivity index (χ0n) is 38.6. The Morgan fingerprint density at radius 3 is 1.30 bits per heavy atom. The van der Waals surface area contributed by atoms with Crippen LogP contribution in [0.4, 0.5) is 0 Å². The molecule has 0 aliphatic heterocycles. The minimum atomic E-state index is -4.54. The van der Waals surface area contributed by atoms with Gasteiger partial charge in [-0.3, -0.25) is 9.36 Å². The van der Waals surface area contributed by atoms with Crippen molar-refractivity contribution < 1.29 is 37.3 Å². The molecule has 0 radical (unpaired) electrons. The van der Waals surface area contributed by atoms with Gasteiger partial charge in [0.1, 0.15) is 19.8 Å². The zero-order valence-corrected chi connectivity index (χ0v) is 39.5. The molecule has 1 unspecified atom stereocenters. The van der Waals surface area contributed by atoms with Crippen LogP contribution in [0.3, 0.4) is 0 Å². The molecule has 0 fully saturated rings. The number of unbranched alkanes of at least 4 members (excludes halogenated alkanes) is 32. The lowest BCUT2D eigenvalue weighted by Crippen LogP contribution is -2.37. The van der Waals surface area contributed by atoms with Crippen LogP contribution < -0.4 is 4.89 Å². The fourth-order valence-electron chi connectivity index (χ4n) is 7.10. The maximum Gasteiger partial charge on any atom is 0.306 e. The Hall–Kier alpha value is -0.920. The Kier molecular flexibility index (Phi) is 41.1. The number of esters is 1. The number of hydrogen-bond donors (Lipinski definition) is 0. The van der Waals surface area contributed by atoms with Crippen molar-refractivity contribution in [1.29, 1.82) is 0 Å². The summed E-state index contributed by atoms with van der Waals surface area (Å²) >= 11 is 0. The first-order valence-corrected chi connectivity index (χ1v) is 25.9. The molecule has 2 atom stereocenters. The number of rotatable bonds is 46. The predicted molar refractivity (Wildman–Crippen MR) is 240 cm³/mol. The zero-order chi connectivity index (χ0) is 42.0. The van der Waals surface area contributed by atoms with E-state index in [0.717, 1.165) is 32.1 Å². The van der Waals surface area contributed by atoms with Crippen LogP contribution in [0.15, 0.2) is 12.3 Å². The van der Waals surface area contributed by atoms with Gasteiger partial charge in [-0.1, -0.05) is 213 Å². The Morgan fingerprint density at radius 1 is 0.544 bits per heavy atom. The molecule has 0 amide bonds. The molecule has 8 nitrogen and oxygen atoms in total. The average Bonchev–Trinajstić information content (AvgIpc) is 3.16. The molecule has 0 bridgehead atoms. The maximum absolute atomic E-state index is 12.7. The van der Waals surface area contributed by atoms with E-state index < -0.39 is 13.9 Å². The van der Waals surface area contributed by atoms with Crippen molar-refractivity contribution in [2.45, 2.75) is 245 Å². The third-order valence-electron chi connectivity index (χ3n) is 10.9. The Morgan fingerprint density at radius 2 is 0.912 bits per heavy atom. The number of quaternary nitrogens is 1. The topological polar surface area (TPSA) is 94.1 Å². The molecule has 0 aromatic heterocycles. The summed E-state index contributed by atoms with van der Waals surface area (Å²) in [5, 5.41) is 0. The van der Waals surface area contributed by atoms with Gasteiger partial charge in [0.2, 0.25) is 0 Å². The second-order valence-electron chi connectivity index (χ2n) is 17.9. The summed E-state index contributed by atoms with van der Waals surface area (Å²) in [7, 11) is 1.34. The van der Waals surface area contributed by atoms with Gasteiger partial charge in [0, 0.05) is 6.42 Å². The fraction of sp³-hybridized carbons (Fsp3) is 0.938. The average molecular weight is 830 g/mol. The minimum Gasteiger partial charge on any atom is -0.756 e. The van der Waals surface area contributed by atoms with Gasteiger partial charge in [-0.25, -0.2) is 0 Å². The van der Waals surface area contributed by atoms with Crippen molar-refractivity contribution in [3.05, 3.63) is 12.3 Å². The van der Waals surface area contributed by atoms with E-state index in [2.05, 4.69) is 13.8 Å². The lowest BCUT2D eigenvalue weighted by Gasteiger charge is -2.28. The van der Waals surface area contributed by atoms with E-state index in [1.54, 1.807) is 6.26 Å². The Labute approximate surface area is 354 Å². The van der Waals surface area contributed by atoms with Gasteiger partial charge in [0.05, 0.1) is 34.0 Å². The predicted octanol–water partition coefficient (Wildman–Crippen LogP) is 14.3. The first-order valence-electron chi connectivity index (χ1n) is 24.5. The SMILES string of the molecule is CCCCCCCCCCCCCCCC/C=C\OC[C@H](COP(=O)([O-])OCC[N+](C)(C)C)OC(=O)CCCCCCCCCCCCCCCCCCCCC. The van der Waals surface area contributed by atoms with Crippen molar-refractivity contribution in [1.82, 2.24) is 0 Å². The number of allylic oxidation sites excluding steroid dienone is 1. The summed E-state index contributed by atoms with van der Waals surface area (Å²) < 4.78 is 34.4. The summed E-state index contributed by atoms with van der Waals surface area (Å²) in [6.07, 6.45) is 47.5. The smallest absolute Gasteiger partial charge is 0.306 e. The lowest BCUT2D eigenvalue weighted by molar-refractivity contribution is -0.870. The van der Waals surface area contributed by atoms with Crippen molar-refractivity contribution >= 4 is 13.8 Å². The van der Waals surface area contributed by atoms with Gasteiger partial charge in [0.15, 0.2) is 6.10 Å². The number of phosphoric acid groups is 1. The van der Waals surface area contributed by atoms with Crippen LogP contribution in [-0.2, 0) is 27.9 Å². The molecule has 0 aliphatic carbocycles. The van der Waals surface area contributed by atoms with Crippen molar-refractivity contribution in [3.8, 4) is 0 Å². The number of hydrogen-bond acceptors (Lipinski definition) is 7. The summed E-state index contributed by atoms with van der Waals surface area (Å²) in [5.41, 5.74) is 0. The Balaban J connectivity index is 4.17. The summed E-state index contributed by atoms with van der Waals surface area (Å²) in [6.45, 7) is 4.79. The second-order valence-corrected chi connectivity index (χ2v) is 19.3. The quantitative estimate of drug-likeness (QED) is 0.0198. The largest absolute Gasteiger partial charge is 0.756 e. The molecular weight excluding hydrogens is 734 g/mol. The molecular formula is C48H96NO7P. The van der Waals surface area contributed by atoms with Crippen LogP contribution in [0.1, 0.15) is 239 Å². The van der Waals surface area contributed by atoms with Gasteiger partial charge >= 0.3 is 5.97 Å². The molecule has 0 aliphatic rings. The molecule has 0 aromatic carbocycles. The molecule has 0 rings (SSSR count). The van der Waals surface area contributed by atoms with E-state index >= 15 is 0 Å². The van der Waals surface area contributed by atoms with Crippen LogP contribution >= 0.6 is 7.82 Å².